The van der Waals surface area contributed by atoms with E-state index >= 15 is 0 Å². The molecule has 0 aromatic rings. The first-order chi connectivity index (χ1) is 9.18. The summed E-state index contributed by atoms with van der Waals surface area (Å²) >= 11 is 0. The Morgan fingerprint density at radius 1 is 1.00 bits per heavy atom. The average Bonchev–Trinajstić information content (AvgIpc) is 2.46. The molecule has 1 unspecified atom stereocenters. The fourth-order valence-corrected chi connectivity index (χ4v) is 3.84. The third kappa shape index (κ3) is 4.20. The van der Waals surface area contributed by atoms with Crippen LogP contribution >= 0.6 is 0 Å². The van der Waals surface area contributed by atoms with Crippen molar-refractivity contribution in [2.75, 3.05) is 6.54 Å². The van der Waals surface area contributed by atoms with E-state index in [-0.39, 0.29) is 5.92 Å². The summed E-state index contributed by atoms with van der Waals surface area (Å²) in [6, 6.07) is 1.53. The lowest BCUT2D eigenvalue weighted by molar-refractivity contribution is 0.0742. The van der Waals surface area contributed by atoms with E-state index in [1.54, 1.807) is 0 Å². The zero-order chi connectivity index (χ0) is 13.7. The Morgan fingerprint density at radius 2 is 1.42 bits per heavy atom. The summed E-state index contributed by atoms with van der Waals surface area (Å²) in [4.78, 5) is 2.74. The first-order valence-electron chi connectivity index (χ1n) is 8.28. The Kier molecular flexibility index (Phi) is 5.68. The van der Waals surface area contributed by atoms with E-state index < -0.39 is 0 Å². The van der Waals surface area contributed by atoms with E-state index in [4.69, 9.17) is 11.1 Å². The maximum atomic E-state index is 7.67. The number of nitrogens with one attached hydrogen (secondary N) is 1. The second-order valence-electron chi connectivity index (χ2n) is 6.64. The largest absolute Gasteiger partial charge is 0.387 e. The van der Waals surface area contributed by atoms with Gasteiger partial charge in [-0.15, -0.1) is 0 Å². The predicted molar refractivity (Wildman–Crippen MR) is 81.5 cm³/mol. The quantitative estimate of drug-likeness (QED) is 0.590. The minimum atomic E-state index is 0.212. The van der Waals surface area contributed by atoms with Gasteiger partial charge in [-0.05, 0) is 25.7 Å². The minimum Gasteiger partial charge on any atom is -0.387 e. The van der Waals surface area contributed by atoms with Gasteiger partial charge in [0.25, 0.3) is 0 Å². The molecule has 0 radical (unpaired) electrons. The average molecular weight is 265 g/mol. The molecular weight excluding hydrogens is 234 g/mol. The number of hydrogen-bond acceptors (Lipinski definition) is 2. The van der Waals surface area contributed by atoms with Gasteiger partial charge in [-0.3, -0.25) is 10.3 Å². The Morgan fingerprint density at radius 3 is 1.79 bits per heavy atom. The molecule has 0 amide bonds. The molecule has 0 spiro atoms. The monoisotopic (exact) mass is 265 g/mol. The van der Waals surface area contributed by atoms with Crippen LogP contribution < -0.4 is 5.73 Å². The van der Waals surface area contributed by atoms with Gasteiger partial charge in [-0.1, -0.05) is 45.4 Å². The van der Waals surface area contributed by atoms with Gasteiger partial charge in [0, 0.05) is 24.5 Å². The van der Waals surface area contributed by atoms with Crippen LogP contribution in [0.25, 0.3) is 0 Å². The van der Waals surface area contributed by atoms with Crippen molar-refractivity contribution in [2.24, 2.45) is 11.7 Å². The van der Waals surface area contributed by atoms with Gasteiger partial charge in [0.1, 0.15) is 0 Å². The summed E-state index contributed by atoms with van der Waals surface area (Å²) in [6.45, 7) is 3.12. The molecule has 2 fully saturated rings. The summed E-state index contributed by atoms with van der Waals surface area (Å²) < 4.78 is 0. The number of nitrogens with zero attached hydrogens (tertiary/aromatic N) is 1. The molecule has 0 saturated heterocycles. The highest BCUT2D eigenvalue weighted by molar-refractivity contribution is 5.79. The maximum absolute atomic E-state index is 7.67. The Hall–Kier alpha value is -0.570. The molecule has 2 rings (SSSR count). The molecule has 3 N–H and O–H groups in total. The molecule has 3 heteroatoms. The normalized spacial score (nSPS) is 24.5. The topological polar surface area (TPSA) is 53.1 Å². The smallest absolute Gasteiger partial charge is 0.0947 e. The van der Waals surface area contributed by atoms with Crippen molar-refractivity contribution >= 4 is 5.84 Å². The van der Waals surface area contributed by atoms with Gasteiger partial charge >= 0.3 is 0 Å². The molecule has 2 aliphatic carbocycles. The van der Waals surface area contributed by atoms with Crippen LogP contribution in [-0.4, -0.2) is 29.4 Å². The standard InChI is InChI=1S/C16H31N3/c1-13(16(17)18)12-19(14-8-4-2-5-9-14)15-10-6-3-7-11-15/h13-15H,2-12H2,1H3,(H3,17,18). The van der Waals surface area contributed by atoms with E-state index in [1.807, 2.05) is 0 Å². The second-order valence-corrected chi connectivity index (χ2v) is 6.64. The van der Waals surface area contributed by atoms with E-state index in [0.717, 1.165) is 18.6 Å². The highest BCUT2D eigenvalue weighted by Crippen LogP contribution is 2.30. The number of rotatable bonds is 5. The highest BCUT2D eigenvalue weighted by Gasteiger charge is 2.30. The molecule has 19 heavy (non-hydrogen) atoms. The molecule has 0 aromatic carbocycles. The van der Waals surface area contributed by atoms with Gasteiger partial charge in [-0.2, -0.15) is 0 Å². The minimum absolute atomic E-state index is 0.212. The molecule has 0 heterocycles. The predicted octanol–water partition coefficient (Wildman–Crippen LogP) is 3.53. The molecule has 3 nitrogen and oxygen atoms in total. The highest BCUT2D eigenvalue weighted by atomic mass is 15.2. The van der Waals surface area contributed by atoms with Gasteiger partial charge < -0.3 is 5.73 Å². The second kappa shape index (κ2) is 7.28. The molecule has 0 bridgehead atoms. The summed E-state index contributed by atoms with van der Waals surface area (Å²) in [5, 5.41) is 7.67. The van der Waals surface area contributed by atoms with Crippen LogP contribution in [0.2, 0.25) is 0 Å². The van der Waals surface area contributed by atoms with E-state index in [1.165, 1.54) is 64.2 Å². The van der Waals surface area contributed by atoms with E-state index in [2.05, 4.69) is 11.8 Å². The van der Waals surface area contributed by atoms with Gasteiger partial charge in [-0.25, -0.2) is 0 Å². The summed E-state index contributed by atoms with van der Waals surface area (Å²) in [6.07, 6.45) is 13.8. The van der Waals surface area contributed by atoms with Crippen LogP contribution in [0.1, 0.15) is 71.1 Å². The van der Waals surface area contributed by atoms with Crippen molar-refractivity contribution in [1.29, 1.82) is 5.41 Å². The molecule has 0 aliphatic heterocycles. The summed E-state index contributed by atoms with van der Waals surface area (Å²) in [5.41, 5.74) is 5.70. The lowest BCUT2D eigenvalue weighted by Gasteiger charge is -2.42. The van der Waals surface area contributed by atoms with E-state index in [0.29, 0.717) is 5.84 Å². The maximum Gasteiger partial charge on any atom is 0.0947 e. The Balaban J connectivity index is 2.00. The van der Waals surface area contributed by atoms with Crippen molar-refractivity contribution in [3.05, 3.63) is 0 Å². The first-order valence-corrected chi connectivity index (χ1v) is 8.28. The Labute approximate surface area is 118 Å². The van der Waals surface area contributed by atoms with Crippen LogP contribution in [-0.2, 0) is 0 Å². The first kappa shape index (κ1) is 14.8. The molecule has 0 aromatic heterocycles. The lowest BCUT2D eigenvalue weighted by Crippen LogP contribution is -2.48. The zero-order valence-electron chi connectivity index (χ0n) is 12.5. The van der Waals surface area contributed by atoms with Crippen LogP contribution in [0.4, 0.5) is 0 Å². The van der Waals surface area contributed by atoms with Crippen molar-refractivity contribution in [1.82, 2.24) is 4.90 Å². The summed E-state index contributed by atoms with van der Waals surface area (Å²) in [5.74, 6) is 0.570. The molecule has 2 aliphatic rings. The van der Waals surface area contributed by atoms with Crippen LogP contribution in [0, 0.1) is 11.3 Å². The van der Waals surface area contributed by atoms with Crippen molar-refractivity contribution < 1.29 is 0 Å². The molecule has 1 atom stereocenters. The third-order valence-corrected chi connectivity index (χ3v) is 5.10. The Bertz CT molecular complexity index is 260. The lowest BCUT2D eigenvalue weighted by atomic mass is 9.88. The fourth-order valence-electron chi connectivity index (χ4n) is 3.84. The molecular formula is C16H31N3. The van der Waals surface area contributed by atoms with Crippen LogP contribution in [0.5, 0.6) is 0 Å². The number of hydrogen-bond donors (Lipinski definition) is 2. The number of amidine groups is 1. The number of nitrogens with two attached hydrogens (primary N) is 1. The van der Waals surface area contributed by atoms with Gasteiger partial charge in [0.15, 0.2) is 0 Å². The van der Waals surface area contributed by atoms with E-state index in [9.17, 15) is 0 Å². The van der Waals surface area contributed by atoms with Crippen molar-refractivity contribution in [3.63, 3.8) is 0 Å². The van der Waals surface area contributed by atoms with Gasteiger partial charge in [0.05, 0.1) is 5.84 Å². The summed E-state index contributed by atoms with van der Waals surface area (Å²) in [7, 11) is 0. The fraction of sp³-hybridized carbons (Fsp3) is 0.938. The third-order valence-electron chi connectivity index (χ3n) is 5.10. The van der Waals surface area contributed by atoms with Gasteiger partial charge in [0.2, 0.25) is 0 Å². The zero-order valence-corrected chi connectivity index (χ0v) is 12.5. The van der Waals surface area contributed by atoms with Crippen molar-refractivity contribution in [2.45, 2.75) is 83.2 Å². The molecule has 110 valence electrons. The SMILES string of the molecule is CC(CN(C1CCCCC1)C1CCCCC1)C(=N)N. The molecule has 2 saturated carbocycles. The van der Waals surface area contributed by atoms with Crippen LogP contribution in [0.15, 0.2) is 0 Å². The van der Waals surface area contributed by atoms with Crippen molar-refractivity contribution in [3.8, 4) is 0 Å². The van der Waals surface area contributed by atoms with Crippen LogP contribution in [0.3, 0.4) is 0 Å².